The number of aryl methyl sites for hydroxylation is 2. The van der Waals surface area contributed by atoms with E-state index in [0.717, 1.165) is 16.7 Å². The van der Waals surface area contributed by atoms with Crippen molar-refractivity contribution >= 4 is 17.6 Å². The van der Waals surface area contributed by atoms with Crippen molar-refractivity contribution in [1.29, 1.82) is 0 Å². The highest BCUT2D eigenvalue weighted by Gasteiger charge is 2.35. The van der Waals surface area contributed by atoms with Crippen LogP contribution in [0.2, 0.25) is 0 Å². The van der Waals surface area contributed by atoms with Gasteiger partial charge in [0.15, 0.2) is 11.5 Å². The predicted molar refractivity (Wildman–Crippen MR) is 153 cm³/mol. The number of para-hydroxylation sites is 1. The Labute approximate surface area is 233 Å². The molecule has 0 aliphatic carbocycles. The second kappa shape index (κ2) is 11.5. The summed E-state index contributed by atoms with van der Waals surface area (Å²) in [6.07, 6.45) is 0.409. The number of amides is 1. The van der Waals surface area contributed by atoms with Crippen molar-refractivity contribution in [3.63, 3.8) is 0 Å². The number of hydrogen-bond acceptors (Lipinski definition) is 6. The SMILES string of the molecule is COc1ccc(C2CC(c3ccccc3OC(=O)c3ccc(C)cc3)=NN2C(=O)c2ccc(C)cc2)cc1OC. The van der Waals surface area contributed by atoms with E-state index in [0.29, 0.717) is 46.1 Å². The fourth-order valence-electron chi connectivity index (χ4n) is 4.65. The molecule has 4 aromatic carbocycles. The van der Waals surface area contributed by atoms with Crippen molar-refractivity contribution in [2.75, 3.05) is 14.2 Å². The Morgan fingerprint density at radius 1 is 0.750 bits per heavy atom. The number of hydrogen-bond donors (Lipinski definition) is 0. The summed E-state index contributed by atoms with van der Waals surface area (Å²) in [6.45, 7) is 3.93. The van der Waals surface area contributed by atoms with E-state index in [1.165, 1.54) is 5.01 Å². The number of ether oxygens (including phenoxy) is 3. The van der Waals surface area contributed by atoms with Crippen LogP contribution in [-0.4, -0.2) is 36.8 Å². The van der Waals surface area contributed by atoms with Gasteiger partial charge in [0.05, 0.1) is 31.5 Å². The van der Waals surface area contributed by atoms with Gasteiger partial charge >= 0.3 is 5.97 Å². The monoisotopic (exact) mass is 534 g/mol. The maximum Gasteiger partial charge on any atom is 0.343 e. The number of carbonyl (C=O) groups is 2. The standard InChI is InChI=1S/C33H30N2O5/c1-21-9-13-23(14-10-21)32(36)35-28(25-17-18-30(38-3)31(19-25)39-4)20-27(34-35)26-7-5-6-8-29(26)40-33(37)24-15-11-22(2)12-16-24/h5-19,28H,20H2,1-4H3. The lowest BCUT2D eigenvalue weighted by molar-refractivity contribution is 0.0708. The van der Waals surface area contributed by atoms with Crippen LogP contribution in [0.4, 0.5) is 0 Å². The van der Waals surface area contributed by atoms with Crippen molar-refractivity contribution in [3.8, 4) is 17.2 Å². The summed E-state index contributed by atoms with van der Waals surface area (Å²) in [5.41, 5.74) is 5.21. The molecule has 5 rings (SSSR count). The molecule has 4 aromatic rings. The summed E-state index contributed by atoms with van der Waals surface area (Å²) in [5.74, 6) is 0.834. The fraction of sp³-hybridized carbons (Fsp3) is 0.182. The van der Waals surface area contributed by atoms with Crippen LogP contribution >= 0.6 is 0 Å². The Kier molecular flexibility index (Phi) is 7.64. The molecule has 0 radical (unpaired) electrons. The molecule has 0 saturated heterocycles. The number of carbonyl (C=O) groups excluding carboxylic acids is 2. The Hall–Kier alpha value is -4.91. The van der Waals surface area contributed by atoms with E-state index in [1.807, 2.05) is 68.4 Å². The van der Waals surface area contributed by atoms with Crippen molar-refractivity contribution in [2.45, 2.75) is 26.3 Å². The molecule has 0 N–H and O–H groups in total. The average Bonchev–Trinajstić information content (AvgIpc) is 3.42. The highest BCUT2D eigenvalue weighted by Crippen LogP contribution is 2.39. The summed E-state index contributed by atoms with van der Waals surface area (Å²) in [6, 6.07) is 27.0. The summed E-state index contributed by atoms with van der Waals surface area (Å²) in [4.78, 5) is 26.7. The van der Waals surface area contributed by atoms with Crippen LogP contribution in [0.3, 0.4) is 0 Å². The van der Waals surface area contributed by atoms with Crippen LogP contribution in [-0.2, 0) is 0 Å². The third kappa shape index (κ3) is 5.45. The number of methoxy groups -OCH3 is 2. The molecule has 1 atom stereocenters. The van der Waals surface area contributed by atoms with Crippen LogP contribution in [0.25, 0.3) is 0 Å². The molecule has 202 valence electrons. The first-order chi connectivity index (χ1) is 19.4. The Bertz CT molecular complexity index is 1580. The number of rotatable bonds is 7. The number of hydrazone groups is 1. The molecular formula is C33H30N2O5. The normalized spacial score (nSPS) is 14.4. The summed E-state index contributed by atoms with van der Waals surface area (Å²) >= 11 is 0. The third-order valence-electron chi connectivity index (χ3n) is 6.90. The minimum atomic E-state index is -0.463. The zero-order valence-electron chi connectivity index (χ0n) is 22.9. The first-order valence-electron chi connectivity index (χ1n) is 13.0. The Morgan fingerprint density at radius 3 is 2.02 bits per heavy atom. The zero-order chi connectivity index (χ0) is 28.2. The summed E-state index contributed by atoms with van der Waals surface area (Å²) in [5, 5.41) is 6.30. The quantitative estimate of drug-likeness (QED) is 0.199. The maximum absolute atomic E-state index is 13.7. The molecule has 40 heavy (non-hydrogen) atoms. The van der Waals surface area contributed by atoms with Gasteiger partial charge in [0.1, 0.15) is 5.75 Å². The van der Waals surface area contributed by atoms with E-state index >= 15 is 0 Å². The van der Waals surface area contributed by atoms with E-state index in [-0.39, 0.29) is 5.91 Å². The molecule has 1 aliphatic heterocycles. The van der Waals surface area contributed by atoms with Crippen molar-refractivity contribution in [1.82, 2.24) is 5.01 Å². The van der Waals surface area contributed by atoms with E-state index < -0.39 is 12.0 Å². The van der Waals surface area contributed by atoms with Crippen molar-refractivity contribution in [3.05, 3.63) is 124 Å². The first-order valence-corrected chi connectivity index (χ1v) is 13.0. The van der Waals surface area contributed by atoms with Crippen LogP contribution in [0.5, 0.6) is 17.2 Å². The van der Waals surface area contributed by atoms with Gasteiger partial charge in [-0.2, -0.15) is 5.10 Å². The van der Waals surface area contributed by atoms with E-state index in [9.17, 15) is 9.59 Å². The third-order valence-corrected chi connectivity index (χ3v) is 6.90. The molecule has 1 aliphatic rings. The predicted octanol–water partition coefficient (Wildman–Crippen LogP) is 6.53. The summed E-state index contributed by atoms with van der Waals surface area (Å²) < 4.78 is 16.8. The van der Waals surface area contributed by atoms with Gasteiger partial charge in [-0.25, -0.2) is 9.80 Å². The molecule has 0 spiro atoms. The molecule has 7 heteroatoms. The van der Waals surface area contributed by atoms with Gasteiger partial charge in [-0.1, -0.05) is 53.6 Å². The van der Waals surface area contributed by atoms with Gasteiger partial charge < -0.3 is 14.2 Å². The molecule has 1 amide bonds. The van der Waals surface area contributed by atoms with E-state index in [4.69, 9.17) is 19.3 Å². The Morgan fingerprint density at radius 2 is 1.38 bits per heavy atom. The lowest BCUT2D eigenvalue weighted by Crippen LogP contribution is -2.27. The smallest absolute Gasteiger partial charge is 0.343 e. The number of benzene rings is 4. The van der Waals surface area contributed by atoms with Gasteiger partial charge in [0, 0.05) is 17.5 Å². The van der Waals surface area contributed by atoms with Gasteiger partial charge in [0.2, 0.25) is 0 Å². The van der Waals surface area contributed by atoms with Gasteiger partial charge in [-0.3, -0.25) is 4.79 Å². The second-order valence-corrected chi connectivity index (χ2v) is 9.65. The molecular weight excluding hydrogens is 504 g/mol. The number of nitrogens with zero attached hydrogens (tertiary/aromatic N) is 2. The largest absolute Gasteiger partial charge is 0.493 e. The maximum atomic E-state index is 13.7. The molecule has 0 bridgehead atoms. The topological polar surface area (TPSA) is 77.4 Å². The lowest BCUT2D eigenvalue weighted by Gasteiger charge is -2.23. The Balaban J connectivity index is 1.52. The van der Waals surface area contributed by atoms with Crippen LogP contribution in [0.1, 0.15) is 55.4 Å². The zero-order valence-corrected chi connectivity index (χ0v) is 22.9. The molecule has 1 heterocycles. The molecule has 7 nitrogen and oxygen atoms in total. The van der Waals surface area contributed by atoms with Gasteiger partial charge in [-0.05, 0) is 67.9 Å². The fourth-order valence-corrected chi connectivity index (χ4v) is 4.65. The van der Waals surface area contributed by atoms with Crippen molar-refractivity contribution < 1.29 is 23.8 Å². The minimum Gasteiger partial charge on any atom is -0.493 e. The lowest BCUT2D eigenvalue weighted by atomic mass is 9.97. The molecule has 1 unspecified atom stereocenters. The minimum absolute atomic E-state index is 0.232. The van der Waals surface area contributed by atoms with Gasteiger partial charge in [0.25, 0.3) is 5.91 Å². The van der Waals surface area contributed by atoms with Crippen LogP contribution in [0, 0.1) is 13.8 Å². The van der Waals surface area contributed by atoms with Crippen LogP contribution < -0.4 is 14.2 Å². The molecule has 0 fully saturated rings. The highest BCUT2D eigenvalue weighted by molar-refractivity contribution is 6.07. The van der Waals surface area contributed by atoms with E-state index in [2.05, 4.69) is 0 Å². The molecule has 0 saturated carbocycles. The second-order valence-electron chi connectivity index (χ2n) is 9.65. The molecule has 0 aromatic heterocycles. The van der Waals surface area contributed by atoms with Crippen molar-refractivity contribution in [2.24, 2.45) is 5.10 Å². The number of esters is 1. The average molecular weight is 535 g/mol. The highest BCUT2D eigenvalue weighted by atomic mass is 16.5. The van der Waals surface area contributed by atoms with Gasteiger partial charge in [-0.15, -0.1) is 0 Å². The van der Waals surface area contributed by atoms with E-state index in [1.54, 1.807) is 50.6 Å². The summed E-state index contributed by atoms with van der Waals surface area (Å²) in [7, 11) is 3.16. The first kappa shape index (κ1) is 26.7. The van der Waals surface area contributed by atoms with Crippen LogP contribution in [0.15, 0.2) is 96.1 Å².